The fraction of sp³-hybridized carbons (Fsp3) is 0.700. The molecule has 0 radical (unpaired) electrons. The Kier molecular flexibility index (Phi) is 5.58. The van der Waals surface area contributed by atoms with Crippen LogP contribution in [-0.4, -0.2) is 36.2 Å². The second-order valence-corrected chi connectivity index (χ2v) is 6.32. The van der Waals surface area contributed by atoms with E-state index in [1.54, 1.807) is 7.05 Å². The lowest BCUT2D eigenvalue weighted by Crippen LogP contribution is -2.26. The number of halogens is 1. The van der Waals surface area contributed by atoms with Crippen LogP contribution >= 0.6 is 11.6 Å². The Labute approximate surface area is 112 Å². The van der Waals surface area contributed by atoms with Crippen molar-refractivity contribution in [1.82, 2.24) is 14.3 Å². The first kappa shape index (κ1) is 15.4. The first-order valence-electron chi connectivity index (χ1n) is 5.66. The van der Waals surface area contributed by atoms with Crippen LogP contribution in [0.3, 0.4) is 0 Å². The number of aryl methyl sites for hydroxylation is 1. The van der Waals surface area contributed by atoms with E-state index in [-0.39, 0.29) is 22.7 Å². The number of imidazole rings is 1. The van der Waals surface area contributed by atoms with Crippen molar-refractivity contribution in [3.63, 3.8) is 0 Å². The van der Waals surface area contributed by atoms with Crippen molar-refractivity contribution in [2.75, 3.05) is 13.2 Å². The Morgan fingerprint density at radius 2 is 2.28 bits per heavy atom. The maximum absolute atomic E-state index is 11.9. The van der Waals surface area contributed by atoms with Crippen LogP contribution in [0.1, 0.15) is 19.8 Å². The predicted molar refractivity (Wildman–Crippen MR) is 68.9 cm³/mol. The van der Waals surface area contributed by atoms with Gasteiger partial charge in [-0.2, -0.15) is 0 Å². The van der Waals surface area contributed by atoms with Gasteiger partial charge in [0, 0.05) is 20.2 Å². The molecule has 1 atom stereocenters. The molecule has 0 fully saturated rings. The van der Waals surface area contributed by atoms with Crippen molar-refractivity contribution in [3.05, 3.63) is 11.5 Å². The van der Waals surface area contributed by atoms with Gasteiger partial charge < -0.3 is 9.67 Å². The topological polar surface area (TPSA) is 84.2 Å². The highest BCUT2D eigenvalue weighted by molar-refractivity contribution is 7.89. The molecule has 1 rings (SSSR count). The van der Waals surface area contributed by atoms with E-state index < -0.39 is 10.0 Å². The van der Waals surface area contributed by atoms with Crippen LogP contribution in [0.15, 0.2) is 11.4 Å². The van der Waals surface area contributed by atoms with E-state index in [0.717, 1.165) is 6.42 Å². The zero-order valence-corrected chi connectivity index (χ0v) is 12.0. The van der Waals surface area contributed by atoms with Gasteiger partial charge in [0.2, 0.25) is 5.03 Å². The third-order valence-corrected chi connectivity index (χ3v) is 4.52. The molecule has 18 heavy (non-hydrogen) atoms. The van der Waals surface area contributed by atoms with Gasteiger partial charge in [-0.05, 0) is 18.8 Å². The molecule has 0 saturated carbocycles. The van der Waals surface area contributed by atoms with Crippen molar-refractivity contribution in [3.8, 4) is 0 Å². The smallest absolute Gasteiger partial charge is 0.261 e. The summed E-state index contributed by atoms with van der Waals surface area (Å²) in [5, 5.41) is 8.78. The number of nitrogens with zero attached hydrogens (tertiary/aromatic N) is 2. The lowest BCUT2D eigenvalue weighted by molar-refractivity contribution is 0.228. The molecule has 0 spiro atoms. The molecule has 104 valence electrons. The molecule has 0 aromatic carbocycles. The molecule has 0 amide bonds. The number of aromatic nitrogens is 2. The number of hydrogen-bond acceptors (Lipinski definition) is 4. The summed E-state index contributed by atoms with van der Waals surface area (Å²) in [6, 6.07) is 0. The van der Waals surface area contributed by atoms with Crippen LogP contribution in [-0.2, 0) is 17.1 Å². The first-order valence-corrected chi connectivity index (χ1v) is 7.52. The minimum Gasteiger partial charge on any atom is -0.396 e. The standard InChI is InChI=1S/C10H18ClN3O3S/c1-8(6-15)4-3-5-13-18(16,17)10-9(11)14(2)7-12-10/h7-8,13,15H,3-6H2,1-2H3. The van der Waals surface area contributed by atoms with E-state index in [9.17, 15) is 8.42 Å². The zero-order valence-electron chi connectivity index (χ0n) is 10.4. The molecule has 0 bridgehead atoms. The van der Waals surface area contributed by atoms with E-state index >= 15 is 0 Å². The van der Waals surface area contributed by atoms with Crippen LogP contribution in [0.2, 0.25) is 5.15 Å². The Morgan fingerprint density at radius 3 is 2.78 bits per heavy atom. The van der Waals surface area contributed by atoms with E-state index in [1.165, 1.54) is 10.9 Å². The summed E-state index contributed by atoms with van der Waals surface area (Å²) in [7, 11) is -2.03. The van der Waals surface area contributed by atoms with Crippen molar-refractivity contribution in [1.29, 1.82) is 0 Å². The molecule has 8 heteroatoms. The van der Waals surface area contributed by atoms with E-state index in [2.05, 4.69) is 9.71 Å². The van der Waals surface area contributed by atoms with Gasteiger partial charge >= 0.3 is 0 Å². The molecular weight excluding hydrogens is 278 g/mol. The van der Waals surface area contributed by atoms with Gasteiger partial charge in [-0.3, -0.25) is 0 Å². The van der Waals surface area contributed by atoms with Crippen LogP contribution in [0, 0.1) is 5.92 Å². The summed E-state index contributed by atoms with van der Waals surface area (Å²) in [5.74, 6) is 0.174. The summed E-state index contributed by atoms with van der Waals surface area (Å²) in [6.45, 7) is 2.32. The summed E-state index contributed by atoms with van der Waals surface area (Å²) < 4.78 is 27.6. The van der Waals surface area contributed by atoms with E-state index in [1.807, 2.05) is 6.92 Å². The van der Waals surface area contributed by atoms with Crippen molar-refractivity contribution in [2.45, 2.75) is 24.8 Å². The Balaban J connectivity index is 2.53. The fourth-order valence-electron chi connectivity index (χ4n) is 1.39. The molecule has 0 aliphatic rings. The van der Waals surface area contributed by atoms with Crippen molar-refractivity contribution < 1.29 is 13.5 Å². The van der Waals surface area contributed by atoms with E-state index in [0.29, 0.717) is 13.0 Å². The molecule has 1 aromatic heterocycles. The minimum atomic E-state index is -3.65. The number of nitrogens with one attached hydrogen (secondary N) is 1. The van der Waals surface area contributed by atoms with Gasteiger partial charge in [-0.25, -0.2) is 18.1 Å². The highest BCUT2D eigenvalue weighted by Gasteiger charge is 2.21. The third-order valence-electron chi connectivity index (χ3n) is 2.57. The number of sulfonamides is 1. The largest absolute Gasteiger partial charge is 0.396 e. The molecule has 0 saturated heterocycles. The molecule has 1 unspecified atom stereocenters. The Bertz CT molecular complexity index is 487. The highest BCUT2D eigenvalue weighted by atomic mass is 35.5. The zero-order chi connectivity index (χ0) is 13.8. The lowest BCUT2D eigenvalue weighted by atomic mass is 10.1. The van der Waals surface area contributed by atoms with Gasteiger partial charge in [0.05, 0.1) is 6.33 Å². The molecule has 1 heterocycles. The summed E-state index contributed by atoms with van der Waals surface area (Å²) in [4.78, 5) is 3.76. The number of aliphatic hydroxyl groups excluding tert-OH is 1. The summed E-state index contributed by atoms with van der Waals surface area (Å²) >= 11 is 5.83. The lowest BCUT2D eigenvalue weighted by Gasteiger charge is -2.08. The monoisotopic (exact) mass is 295 g/mol. The number of hydrogen-bond donors (Lipinski definition) is 2. The molecule has 6 nitrogen and oxygen atoms in total. The Hall–Kier alpha value is -0.630. The number of aliphatic hydroxyl groups is 1. The van der Waals surface area contributed by atoms with Crippen molar-refractivity contribution >= 4 is 21.6 Å². The van der Waals surface area contributed by atoms with E-state index in [4.69, 9.17) is 16.7 Å². The Morgan fingerprint density at radius 1 is 1.61 bits per heavy atom. The predicted octanol–water partition coefficient (Wildman–Crippen LogP) is 0.760. The molecule has 0 aliphatic heterocycles. The summed E-state index contributed by atoms with van der Waals surface area (Å²) in [6.07, 6.45) is 2.77. The van der Waals surface area contributed by atoms with Crippen LogP contribution in [0.4, 0.5) is 0 Å². The second kappa shape index (κ2) is 6.51. The van der Waals surface area contributed by atoms with Crippen LogP contribution < -0.4 is 4.72 Å². The molecule has 0 aliphatic carbocycles. The van der Waals surface area contributed by atoms with Gasteiger partial charge in [0.1, 0.15) is 5.15 Å². The third kappa shape index (κ3) is 3.94. The maximum atomic E-state index is 11.9. The molecule has 1 aromatic rings. The van der Waals surface area contributed by atoms with Gasteiger partial charge in [0.15, 0.2) is 0 Å². The van der Waals surface area contributed by atoms with Crippen molar-refractivity contribution in [2.24, 2.45) is 13.0 Å². The normalized spacial score (nSPS) is 13.8. The first-order chi connectivity index (χ1) is 8.38. The van der Waals surface area contributed by atoms with Crippen LogP contribution in [0.5, 0.6) is 0 Å². The van der Waals surface area contributed by atoms with Crippen LogP contribution in [0.25, 0.3) is 0 Å². The van der Waals surface area contributed by atoms with Gasteiger partial charge in [-0.15, -0.1) is 0 Å². The second-order valence-electron chi connectivity index (χ2n) is 4.28. The highest BCUT2D eigenvalue weighted by Crippen LogP contribution is 2.18. The number of rotatable bonds is 7. The average molecular weight is 296 g/mol. The molecular formula is C10H18ClN3O3S. The fourth-order valence-corrected chi connectivity index (χ4v) is 2.89. The summed E-state index contributed by atoms with van der Waals surface area (Å²) in [5.41, 5.74) is 0. The quantitative estimate of drug-likeness (QED) is 0.728. The molecule has 2 N–H and O–H groups in total. The minimum absolute atomic E-state index is 0.0891. The average Bonchev–Trinajstić information content (AvgIpc) is 2.66. The van der Waals surface area contributed by atoms with Gasteiger partial charge in [0.25, 0.3) is 10.0 Å². The maximum Gasteiger partial charge on any atom is 0.261 e. The van der Waals surface area contributed by atoms with Gasteiger partial charge in [-0.1, -0.05) is 18.5 Å². The SMILES string of the molecule is CC(CO)CCCNS(=O)(=O)c1ncn(C)c1Cl.